The molecule has 96 valence electrons. The van der Waals surface area contributed by atoms with Gasteiger partial charge in [-0.05, 0) is 11.6 Å². The van der Waals surface area contributed by atoms with Gasteiger partial charge in [-0.15, -0.1) is 0 Å². The molecule has 0 aliphatic rings. The van der Waals surface area contributed by atoms with Gasteiger partial charge in [0.2, 0.25) is 0 Å². The number of hydrogen-bond acceptors (Lipinski definition) is 4. The number of benzene rings is 1. The molecule has 0 aromatic heterocycles. The molecule has 0 saturated heterocycles. The Kier molecular flexibility index (Phi) is 4.93. The Morgan fingerprint density at radius 1 is 1.33 bits per heavy atom. The molecule has 18 heavy (non-hydrogen) atoms. The Morgan fingerprint density at radius 2 is 2.00 bits per heavy atom. The number of sulfone groups is 1. The van der Waals surface area contributed by atoms with Crippen molar-refractivity contribution < 1.29 is 17.9 Å². The van der Waals surface area contributed by atoms with Gasteiger partial charge in [0.05, 0.1) is 12.9 Å². The van der Waals surface area contributed by atoms with Gasteiger partial charge in [0.25, 0.3) is 0 Å². The molecule has 1 aromatic rings. The van der Waals surface area contributed by atoms with Crippen molar-refractivity contribution in [3.8, 4) is 11.8 Å². The van der Waals surface area contributed by atoms with Crippen LogP contribution in [-0.4, -0.2) is 27.8 Å². The van der Waals surface area contributed by atoms with Crippen LogP contribution in [0.25, 0.3) is 0 Å². The molecular formula is C13H14O4S. The molecule has 1 rings (SSSR count). The van der Waals surface area contributed by atoms with E-state index in [9.17, 15) is 13.2 Å². The number of hydrogen-bond donors (Lipinski definition) is 0. The van der Waals surface area contributed by atoms with Crippen molar-refractivity contribution >= 4 is 15.8 Å². The van der Waals surface area contributed by atoms with Gasteiger partial charge < -0.3 is 4.74 Å². The lowest BCUT2D eigenvalue weighted by Crippen LogP contribution is -2.02. The Balaban J connectivity index is 2.92. The lowest BCUT2D eigenvalue weighted by molar-refractivity contribution is -0.139. The Bertz CT molecular complexity index is 591. The third-order valence-electron chi connectivity index (χ3n) is 2.12. The quantitative estimate of drug-likeness (QED) is 0.608. The fourth-order valence-electron chi connectivity index (χ4n) is 1.33. The first-order chi connectivity index (χ1) is 8.42. The van der Waals surface area contributed by atoms with E-state index in [2.05, 4.69) is 16.6 Å². The summed E-state index contributed by atoms with van der Waals surface area (Å²) < 4.78 is 27.0. The SMILES string of the molecule is COC(=O)CC#Cc1ccccc1CS(C)(=O)=O. The molecule has 0 fully saturated rings. The lowest BCUT2D eigenvalue weighted by atomic mass is 10.1. The number of rotatable bonds is 3. The van der Waals surface area contributed by atoms with Crippen molar-refractivity contribution in [2.75, 3.05) is 13.4 Å². The van der Waals surface area contributed by atoms with E-state index >= 15 is 0 Å². The van der Waals surface area contributed by atoms with Crippen molar-refractivity contribution in [1.29, 1.82) is 0 Å². The highest BCUT2D eigenvalue weighted by atomic mass is 32.2. The smallest absolute Gasteiger partial charge is 0.317 e. The Hall–Kier alpha value is -1.80. The highest BCUT2D eigenvalue weighted by Crippen LogP contribution is 2.10. The maximum Gasteiger partial charge on any atom is 0.317 e. The zero-order valence-electron chi connectivity index (χ0n) is 10.3. The molecule has 0 bridgehead atoms. The van der Waals surface area contributed by atoms with Gasteiger partial charge in [-0.25, -0.2) is 8.42 Å². The predicted octanol–water partition coefficient (Wildman–Crippen LogP) is 1.15. The van der Waals surface area contributed by atoms with E-state index in [-0.39, 0.29) is 12.2 Å². The molecule has 0 N–H and O–H groups in total. The minimum Gasteiger partial charge on any atom is -0.468 e. The molecule has 0 heterocycles. The van der Waals surface area contributed by atoms with E-state index < -0.39 is 15.8 Å². The summed E-state index contributed by atoms with van der Waals surface area (Å²) in [5, 5.41) is 0. The molecule has 0 atom stereocenters. The van der Waals surface area contributed by atoms with Gasteiger partial charge >= 0.3 is 5.97 Å². The van der Waals surface area contributed by atoms with Crippen molar-refractivity contribution in [2.45, 2.75) is 12.2 Å². The summed E-state index contributed by atoms with van der Waals surface area (Å²) in [4.78, 5) is 10.9. The highest BCUT2D eigenvalue weighted by molar-refractivity contribution is 7.89. The van der Waals surface area contributed by atoms with Crippen LogP contribution in [0.15, 0.2) is 24.3 Å². The first kappa shape index (κ1) is 14.3. The van der Waals surface area contributed by atoms with E-state index in [1.54, 1.807) is 24.3 Å². The van der Waals surface area contributed by atoms with Crippen LogP contribution in [0, 0.1) is 11.8 Å². The first-order valence-corrected chi connectivity index (χ1v) is 7.30. The van der Waals surface area contributed by atoms with Crippen molar-refractivity contribution in [3.63, 3.8) is 0 Å². The molecular weight excluding hydrogens is 252 g/mol. The standard InChI is InChI=1S/C13H14O4S/c1-17-13(14)9-5-8-11-6-3-4-7-12(11)10-18(2,15)16/h3-4,6-7H,9-10H2,1-2H3. The number of carbonyl (C=O) groups is 1. The number of methoxy groups -OCH3 is 1. The molecule has 4 nitrogen and oxygen atoms in total. The summed E-state index contributed by atoms with van der Waals surface area (Å²) in [7, 11) is -1.81. The molecule has 0 amide bonds. The van der Waals surface area contributed by atoms with Crippen LogP contribution in [0.1, 0.15) is 17.5 Å². The maximum atomic E-state index is 11.3. The van der Waals surface area contributed by atoms with Gasteiger partial charge in [-0.1, -0.05) is 30.0 Å². The van der Waals surface area contributed by atoms with Gasteiger partial charge in [0.15, 0.2) is 9.84 Å². The molecule has 0 spiro atoms. The second-order valence-electron chi connectivity index (χ2n) is 3.78. The van der Waals surface area contributed by atoms with Crippen LogP contribution in [0.2, 0.25) is 0 Å². The van der Waals surface area contributed by atoms with Crippen LogP contribution in [0.3, 0.4) is 0 Å². The largest absolute Gasteiger partial charge is 0.468 e. The monoisotopic (exact) mass is 266 g/mol. The first-order valence-electron chi connectivity index (χ1n) is 5.23. The molecule has 1 aromatic carbocycles. The Morgan fingerprint density at radius 3 is 2.61 bits per heavy atom. The Labute approximate surface area is 107 Å². The second kappa shape index (κ2) is 6.22. The normalized spacial score (nSPS) is 10.3. The summed E-state index contributed by atoms with van der Waals surface area (Å²) in [6.07, 6.45) is 1.16. The highest BCUT2D eigenvalue weighted by Gasteiger charge is 2.07. The molecule has 0 saturated carbocycles. The van der Waals surface area contributed by atoms with E-state index in [0.717, 1.165) is 0 Å². The van der Waals surface area contributed by atoms with Crippen molar-refractivity contribution in [1.82, 2.24) is 0 Å². The molecule has 0 unspecified atom stereocenters. The summed E-state index contributed by atoms with van der Waals surface area (Å²) in [5.74, 6) is 4.97. The van der Waals surface area contributed by atoms with Crippen LogP contribution >= 0.6 is 0 Å². The van der Waals surface area contributed by atoms with Gasteiger partial charge in [-0.3, -0.25) is 4.79 Å². The van der Waals surface area contributed by atoms with Crippen LogP contribution in [-0.2, 0) is 25.1 Å². The van der Waals surface area contributed by atoms with E-state index in [0.29, 0.717) is 11.1 Å². The van der Waals surface area contributed by atoms with Gasteiger partial charge in [0, 0.05) is 11.8 Å². The van der Waals surface area contributed by atoms with Crippen molar-refractivity contribution in [3.05, 3.63) is 35.4 Å². The minimum atomic E-state index is -3.11. The summed E-state index contributed by atoms with van der Waals surface area (Å²) in [5.41, 5.74) is 1.25. The maximum absolute atomic E-state index is 11.3. The summed E-state index contributed by atoms with van der Waals surface area (Å²) in [6.45, 7) is 0. The average Bonchev–Trinajstić information content (AvgIpc) is 2.29. The van der Waals surface area contributed by atoms with Crippen LogP contribution < -0.4 is 0 Å². The third-order valence-corrected chi connectivity index (χ3v) is 2.95. The zero-order chi connectivity index (χ0) is 13.6. The second-order valence-corrected chi connectivity index (χ2v) is 5.92. The average molecular weight is 266 g/mol. The fourth-order valence-corrected chi connectivity index (χ4v) is 2.15. The van der Waals surface area contributed by atoms with Gasteiger partial charge in [0.1, 0.15) is 6.42 Å². The number of ether oxygens (including phenoxy) is 1. The number of esters is 1. The van der Waals surface area contributed by atoms with E-state index in [1.807, 2.05) is 0 Å². The minimum absolute atomic E-state index is 0.0102. The lowest BCUT2D eigenvalue weighted by Gasteiger charge is -2.02. The van der Waals surface area contributed by atoms with Crippen molar-refractivity contribution in [2.24, 2.45) is 0 Å². The van der Waals surface area contributed by atoms with Crippen LogP contribution in [0.5, 0.6) is 0 Å². The summed E-state index contributed by atoms with van der Waals surface area (Å²) in [6, 6.07) is 6.97. The predicted molar refractivity (Wildman–Crippen MR) is 68.5 cm³/mol. The topological polar surface area (TPSA) is 60.4 Å². The number of carbonyl (C=O) groups excluding carboxylic acids is 1. The zero-order valence-corrected chi connectivity index (χ0v) is 11.1. The molecule has 0 radical (unpaired) electrons. The van der Waals surface area contributed by atoms with E-state index in [1.165, 1.54) is 13.4 Å². The molecule has 5 heteroatoms. The van der Waals surface area contributed by atoms with Gasteiger partial charge in [-0.2, -0.15) is 0 Å². The van der Waals surface area contributed by atoms with Crippen LogP contribution in [0.4, 0.5) is 0 Å². The summed E-state index contributed by atoms with van der Waals surface area (Å²) >= 11 is 0. The fraction of sp³-hybridized carbons (Fsp3) is 0.308. The van der Waals surface area contributed by atoms with E-state index in [4.69, 9.17) is 0 Å². The molecule has 0 aliphatic heterocycles. The molecule has 0 aliphatic carbocycles. The third kappa shape index (κ3) is 5.02.